The van der Waals surface area contributed by atoms with Crippen LogP contribution < -0.4 is 5.32 Å². The van der Waals surface area contributed by atoms with Crippen molar-refractivity contribution in [2.75, 3.05) is 5.32 Å². The molecule has 0 aliphatic rings. The van der Waals surface area contributed by atoms with E-state index in [1.54, 1.807) is 53.7 Å². The highest BCUT2D eigenvalue weighted by molar-refractivity contribution is 6.31. The van der Waals surface area contributed by atoms with Gasteiger partial charge in [0.25, 0.3) is 5.91 Å². The first kappa shape index (κ1) is 22.2. The van der Waals surface area contributed by atoms with E-state index in [1.165, 1.54) is 0 Å². The molecule has 0 radical (unpaired) electrons. The van der Waals surface area contributed by atoms with E-state index in [9.17, 15) is 14.9 Å². The molecule has 10 heteroatoms. The van der Waals surface area contributed by atoms with Gasteiger partial charge in [-0.05, 0) is 43.2 Å². The number of benzene rings is 2. The summed E-state index contributed by atoms with van der Waals surface area (Å²) in [5.41, 5.74) is 3.01. The Hall–Kier alpha value is -3.98. The molecule has 2 aromatic heterocycles. The maximum Gasteiger partial charge on any atom is 0.312 e. The number of anilines is 1. The SMILES string of the molecule is Cc1nn(Cc2cccc(C(=O)Nc3ccn(Cc4ccccc4Cl)n3)c2)c(C)c1[N+](=O)[O-]. The predicted octanol–water partition coefficient (Wildman–Crippen LogP) is 4.61. The average molecular weight is 465 g/mol. The van der Waals surface area contributed by atoms with E-state index in [0.717, 1.165) is 11.1 Å². The number of nitrogens with zero attached hydrogens (tertiary/aromatic N) is 5. The van der Waals surface area contributed by atoms with Gasteiger partial charge in [-0.15, -0.1) is 0 Å². The van der Waals surface area contributed by atoms with Gasteiger partial charge in [0.1, 0.15) is 11.4 Å². The van der Waals surface area contributed by atoms with Crippen molar-refractivity contribution in [3.63, 3.8) is 0 Å². The van der Waals surface area contributed by atoms with Gasteiger partial charge >= 0.3 is 5.69 Å². The van der Waals surface area contributed by atoms with E-state index >= 15 is 0 Å². The molecule has 4 rings (SSSR count). The van der Waals surface area contributed by atoms with Crippen molar-refractivity contribution in [3.8, 4) is 0 Å². The van der Waals surface area contributed by atoms with Gasteiger partial charge in [0.2, 0.25) is 0 Å². The van der Waals surface area contributed by atoms with Crippen molar-refractivity contribution in [2.24, 2.45) is 0 Å². The molecule has 2 aromatic carbocycles. The topological polar surface area (TPSA) is 108 Å². The lowest BCUT2D eigenvalue weighted by atomic mass is 10.1. The first-order valence-electron chi connectivity index (χ1n) is 10.2. The molecule has 0 fully saturated rings. The van der Waals surface area contributed by atoms with Crippen LogP contribution in [0, 0.1) is 24.0 Å². The smallest absolute Gasteiger partial charge is 0.305 e. The molecule has 1 amide bonds. The van der Waals surface area contributed by atoms with E-state index in [0.29, 0.717) is 40.9 Å². The molecular weight excluding hydrogens is 444 g/mol. The minimum atomic E-state index is -0.428. The van der Waals surface area contributed by atoms with Crippen LogP contribution in [0.3, 0.4) is 0 Å². The quantitative estimate of drug-likeness (QED) is 0.317. The summed E-state index contributed by atoms with van der Waals surface area (Å²) in [6, 6.07) is 16.3. The van der Waals surface area contributed by atoms with E-state index in [2.05, 4.69) is 15.5 Å². The highest BCUT2D eigenvalue weighted by atomic mass is 35.5. The van der Waals surface area contributed by atoms with Gasteiger partial charge in [-0.25, -0.2) is 0 Å². The molecule has 0 saturated heterocycles. The highest BCUT2D eigenvalue weighted by Gasteiger charge is 2.21. The number of hydrogen-bond donors (Lipinski definition) is 1. The van der Waals surface area contributed by atoms with Gasteiger partial charge in [0.05, 0.1) is 18.0 Å². The summed E-state index contributed by atoms with van der Waals surface area (Å²) >= 11 is 6.20. The van der Waals surface area contributed by atoms with Gasteiger partial charge in [-0.3, -0.25) is 24.3 Å². The number of carbonyl (C=O) groups is 1. The number of carbonyl (C=O) groups excluding carboxylic acids is 1. The molecule has 0 spiro atoms. The Balaban J connectivity index is 1.46. The standard InChI is InChI=1S/C23H21ClN6O3/c1-15-22(30(32)33)16(2)29(26-15)13-17-6-5-8-18(12-17)23(31)25-21-10-11-28(27-21)14-19-7-3-4-9-20(19)24/h3-12H,13-14H2,1-2H3,(H,25,27,31). The zero-order chi connectivity index (χ0) is 23.5. The van der Waals surface area contributed by atoms with Crippen LogP contribution >= 0.6 is 11.6 Å². The fourth-order valence-corrected chi connectivity index (χ4v) is 3.79. The van der Waals surface area contributed by atoms with Crippen molar-refractivity contribution in [3.05, 3.63) is 104 Å². The van der Waals surface area contributed by atoms with Crippen LogP contribution in [0.2, 0.25) is 5.02 Å². The summed E-state index contributed by atoms with van der Waals surface area (Å²) in [6.07, 6.45) is 1.77. The molecule has 0 atom stereocenters. The van der Waals surface area contributed by atoms with Crippen molar-refractivity contribution in [1.82, 2.24) is 19.6 Å². The fourth-order valence-electron chi connectivity index (χ4n) is 3.60. The number of aryl methyl sites for hydroxylation is 1. The maximum absolute atomic E-state index is 12.8. The zero-order valence-corrected chi connectivity index (χ0v) is 18.8. The molecule has 4 aromatic rings. The average Bonchev–Trinajstić information content (AvgIpc) is 3.33. The van der Waals surface area contributed by atoms with Crippen molar-refractivity contribution in [1.29, 1.82) is 0 Å². The van der Waals surface area contributed by atoms with Crippen LogP contribution in [0.4, 0.5) is 11.5 Å². The normalized spacial score (nSPS) is 10.9. The molecule has 0 bridgehead atoms. The Morgan fingerprint density at radius 1 is 1.09 bits per heavy atom. The van der Waals surface area contributed by atoms with E-state index in [4.69, 9.17) is 11.6 Å². The third kappa shape index (κ3) is 4.93. The number of hydrogen-bond acceptors (Lipinski definition) is 5. The van der Waals surface area contributed by atoms with Crippen LogP contribution in [0.1, 0.15) is 32.9 Å². The van der Waals surface area contributed by atoms with Crippen LogP contribution in [-0.4, -0.2) is 30.4 Å². The lowest BCUT2D eigenvalue weighted by Crippen LogP contribution is -2.14. The third-order valence-electron chi connectivity index (χ3n) is 5.22. The summed E-state index contributed by atoms with van der Waals surface area (Å²) in [6.45, 7) is 4.07. The van der Waals surface area contributed by atoms with Crippen LogP contribution in [0.25, 0.3) is 0 Å². The summed E-state index contributed by atoms with van der Waals surface area (Å²) < 4.78 is 3.27. The summed E-state index contributed by atoms with van der Waals surface area (Å²) in [5.74, 6) is 0.116. The fraction of sp³-hybridized carbons (Fsp3) is 0.174. The summed E-state index contributed by atoms with van der Waals surface area (Å²) in [4.78, 5) is 23.6. The lowest BCUT2D eigenvalue weighted by molar-refractivity contribution is -0.386. The highest BCUT2D eigenvalue weighted by Crippen LogP contribution is 2.23. The minimum absolute atomic E-state index is 0.0104. The van der Waals surface area contributed by atoms with Gasteiger partial charge in [0, 0.05) is 22.8 Å². The number of halogens is 1. The van der Waals surface area contributed by atoms with E-state index in [1.807, 2.05) is 30.3 Å². The Morgan fingerprint density at radius 3 is 2.61 bits per heavy atom. The van der Waals surface area contributed by atoms with Crippen molar-refractivity contribution >= 4 is 29.0 Å². The maximum atomic E-state index is 12.8. The van der Waals surface area contributed by atoms with Crippen LogP contribution in [0.15, 0.2) is 60.8 Å². The zero-order valence-electron chi connectivity index (χ0n) is 18.0. The van der Waals surface area contributed by atoms with Crippen molar-refractivity contribution < 1.29 is 9.72 Å². The summed E-state index contributed by atoms with van der Waals surface area (Å²) in [5, 5.41) is 23.3. The number of nitrogens with one attached hydrogen (secondary N) is 1. The third-order valence-corrected chi connectivity index (χ3v) is 5.59. The monoisotopic (exact) mass is 464 g/mol. The predicted molar refractivity (Wildman–Crippen MR) is 125 cm³/mol. The van der Waals surface area contributed by atoms with E-state index < -0.39 is 4.92 Å². The number of amides is 1. The largest absolute Gasteiger partial charge is 0.312 e. The number of aromatic nitrogens is 4. The van der Waals surface area contributed by atoms with E-state index in [-0.39, 0.29) is 11.6 Å². The Morgan fingerprint density at radius 2 is 1.88 bits per heavy atom. The second kappa shape index (κ2) is 9.25. The Bertz CT molecular complexity index is 1340. The molecule has 0 saturated carbocycles. The van der Waals surface area contributed by atoms with Gasteiger partial charge < -0.3 is 5.32 Å². The molecule has 0 unspecified atom stereocenters. The summed E-state index contributed by atoms with van der Waals surface area (Å²) in [7, 11) is 0. The van der Waals surface area contributed by atoms with Crippen LogP contribution in [0.5, 0.6) is 0 Å². The second-order valence-electron chi connectivity index (χ2n) is 7.58. The molecule has 9 nitrogen and oxygen atoms in total. The Kier molecular flexibility index (Phi) is 6.23. The second-order valence-corrected chi connectivity index (χ2v) is 7.99. The van der Waals surface area contributed by atoms with Crippen LogP contribution in [-0.2, 0) is 13.1 Å². The van der Waals surface area contributed by atoms with Gasteiger partial charge in [-0.2, -0.15) is 10.2 Å². The molecule has 1 N–H and O–H groups in total. The lowest BCUT2D eigenvalue weighted by Gasteiger charge is -2.07. The minimum Gasteiger partial charge on any atom is -0.305 e. The molecule has 0 aliphatic heterocycles. The molecule has 0 aliphatic carbocycles. The molecule has 168 valence electrons. The number of rotatable bonds is 7. The van der Waals surface area contributed by atoms with Gasteiger partial charge in [-0.1, -0.05) is 41.9 Å². The Labute approximate surface area is 194 Å². The first-order chi connectivity index (χ1) is 15.8. The van der Waals surface area contributed by atoms with Gasteiger partial charge in [0.15, 0.2) is 5.82 Å². The number of nitro groups is 1. The molecule has 33 heavy (non-hydrogen) atoms. The first-order valence-corrected chi connectivity index (χ1v) is 10.5. The molecular formula is C23H21ClN6O3. The van der Waals surface area contributed by atoms with Crippen molar-refractivity contribution in [2.45, 2.75) is 26.9 Å². The molecule has 2 heterocycles.